The second-order valence-electron chi connectivity index (χ2n) is 1.76. The Kier molecular flexibility index (Phi) is 6.80. The maximum absolute atomic E-state index is 8.24. The van der Waals surface area contributed by atoms with E-state index in [0.717, 1.165) is 13.2 Å². The van der Waals surface area contributed by atoms with E-state index in [-0.39, 0.29) is 0 Å². The predicted octanol–water partition coefficient (Wildman–Crippen LogP) is 1.08. The third-order valence-electron chi connectivity index (χ3n) is 1.08. The van der Waals surface area contributed by atoms with Gasteiger partial charge < -0.3 is 10.1 Å². The van der Waals surface area contributed by atoms with Crippen molar-refractivity contribution in [3.63, 3.8) is 0 Å². The van der Waals surface area contributed by atoms with Crippen LogP contribution in [0.1, 0.15) is 19.3 Å². The van der Waals surface area contributed by atoms with Gasteiger partial charge in [0.1, 0.15) is 0 Å². The zero-order chi connectivity index (χ0) is 6.95. The molecule has 0 unspecified atom stereocenters. The number of isocyanates is 1. The van der Waals surface area contributed by atoms with Crippen LogP contribution in [0.3, 0.4) is 0 Å². The van der Waals surface area contributed by atoms with E-state index in [4.69, 9.17) is 14.9 Å². The standard InChI is InChI=1S/C5H10O.CNO/c1-2-4-6-5-3-1;2-1-3/h1-5H2;/q;-1. The lowest BCUT2D eigenvalue weighted by molar-refractivity contribution is 0.0968. The van der Waals surface area contributed by atoms with Crippen LogP contribution in [0, 0.1) is 0 Å². The first kappa shape index (κ1) is 8.34. The highest BCUT2D eigenvalue weighted by molar-refractivity contribution is 5.36. The lowest BCUT2D eigenvalue weighted by Crippen LogP contribution is -2.03. The summed E-state index contributed by atoms with van der Waals surface area (Å²) in [5, 5.41) is 6.76. The Bertz CT molecular complexity index is 71.5. The number of hydrogen-bond acceptors (Lipinski definition) is 2. The van der Waals surface area contributed by atoms with Gasteiger partial charge in [0.2, 0.25) is 0 Å². The van der Waals surface area contributed by atoms with Gasteiger partial charge >= 0.3 is 0 Å². The highest BCUT2D eigenvalue weighted by Crippen LogP contribution is 2.02. The molecule has 9 heavy (non-hydrogen) atoms. The van der Waals surface area contributed by atoms with Gasteiger partial charge in [0.05, 0.1) is 0 Å². The summed E-state index contributed by atoms with van der Waals surface area (Å²) < 4.78 is 5.07. The van der Waals surface area contributed by atoms with Gasteiger partial charge in [-0.15, -0.1) is 0 Å². The summed E-state index contributed by atoms with van der Waals surface area (Å²) in [5.74, 6) is 0. The van der Waals surface area contributed by atoms with Crippen molar-refractivity contribution < 1.29 is 9.53 Å². The van der Waals surface area contributed by atoms with Gasteiger partial charge in [0.25, 0.3) is 0 Å². The monoisotopic (exact) mass is 128 g/mol. The second kappa shape index (κ2) is 7.34. The average molecular weight is 128 g/mol. The predicted molar refractivity (Wildman–Crippen MR) is 33.7 cm³/mol. The van der Waals surface area contributed by atoms with Gasteiger partial charge in [-0.05, 0) is 25.3 Å². The highest BCUT2D eigenvalue weighted by atomic mass is 16.5. The lowest BCUT2D eigenvalue weighted by atomic mass is 10.2. The zero-order valence-corrected chi connectivity index (χ0v) is 5.30. The molecule has 52 valence electrons. The van der Waals surface area contributed by atoms with Gasteiger partial charge in [0, 0.05) is 13.2 Å². The van der Waals surface area contributed by atoms with Crippen molar-refractivity contribution in [2.24, 2.45) is 0 Å². The van der Waals surface area contributed by atoms with Crippen molar-refractivity contribution in [3.8, 4) is 0 Å². The molecule has 1 rings (SSSR count). The Balaban J connectivity index is 0.000000187. The van der Waals surface area contributed by atoms with E-state index in [2.05, 4.69) is 0 Å². The van der Waals surface area contributed by atoms with Crippen molar-refractivity contribution in [1.82, 2.24) is 0 Å². The molecule has 0 amide bonds. The third kappa shape index (κ3) is 7.34. The minimum absolute atomic E-state index is 0.500. The quantitative estimate of drug-likeness (QED) is 0.362. The normalized spacial score (nSPS) is 16.9. The van der Waals surface area contributed by atoms with Crippen molar-refractivity contribution in [3.05, 3.63) is 5.41 Å². The summed E-state index contributed by atoms with van der Waals surface area (Å²) in [6.45, 7) is 2.00. The molecule has 0 aromatic rings. The number of rotatable bonds is 0. The van der Waals surface area contributed by atoms with Crippen LogP contribution in [0.15, 0.2) is 0 Å². The Labute approximate surface area is 54.5 Å². The van der Waals surface area contributed by atoms with Crippen molar-refractivity contribution in [1.29, 1.82) is 0 Å². The summed E-state index contributed by atoms with van der Waals surface area (Å²) >= 11 is 0. The van der Waals surface area contributed by atoms with Crippen LogP contribution in [0.5, 0.6) is 0 Å². The molecule has 0 saturated carbocycles. The summed E-state index contributed by atoms with van der Waals surface area (Å²) in [6, 6.07) is 0. The Morgan fingerprint density at radius 2 is 1.67 bits per heavy atom. The van der Waals surface area contributed by atoms with Crippen LogP contribution in [0.2, 0.25) is 0 Å². The fraction of sp³-hybridized carbons (Fsp3) is 0.833. The average Bonchev–Trinajstić information content (AvgIpc) is 1.93. The smallest absolute Gasteiger partial charge is 0.0466 e. The van der Waals surface area contributed by atoms with Crippen LogP contribution in [0.4, 0.5) is 0 Å². The second-order valence-corrected chi connectivity index (χ2v) is 1.76. The molecule has 0 aromatic carbocycles. The molecule has 1 aliphatic rings. The van der Waals surface area contributed by atoms with Crippen molar-refractivity contribution in [2.45, 2.75) is 19.3 Å². The summed E-state index contributed by atoms with van der Waals surface area (Å²) in [7, 11) is 0. The Hall–Kier alpha value is -0.660. The van der Waals surface area contributed by atoms with Gasteiger partial charge in [-0.1, -0.05) is 0 Å². The largest absolute Gasteiger partial charge is 0.724 e. The van der Waals surface area contributed by atoms with Crippen LogP contribution in [0.25, 0.3) is 5.41 Å². The Morgan fingerprint density at radius 1 is 1.22 bits per heavy atom. The van der Waals surface area contributed by atoms with Gasteiger partial charge in [-0.2, -0.15) is 0 Å². The highest BCUT2D eigenvalue weighted by Gasteiger charge is 1.94. The van der Waals surface area contributed by atoms with E-state index in [1.54, 1.807) is 0 Å². The van der Waals surface area contributed by atoms with E-state index >= 15 is 0 Å². The first-order valence-electron chi connectivity index (χ1n) is 3.01. The Morgan fingerprint density at radius 3 is 1.78 bits per heavy atom. The van der Waals surface area contributed by atoms with Crippen LogP contribution >= 0.6 is 0 Å². The minimum Gasteiger partial charge on any atom is -0.724 e. The van der Waals surface area contributed by atoms with Crippen LogP contribution in [-0.4, -0.2) is 19.3 Å². The van der Waals surface area contributed by atoms with E-state index in [1.165, 1.54) is 19.3 Å². The molecule has 0 radical (unpaired) electrons. The fourth-order valence-electron chi connectivity index (χ4n) is 0.687. The van der Waals surface area contributed by atoms with Crippen molar-refractivity contribution in [2.75, 3.05) is 13.2 Å². The molecule has 0 aromatic heterocycles. The van der Waals surface area contributed by atoms with E-state index < -0.39 is 0 Å². The molecule has 1 fully saturated rings. The molecule has 1 saturated heterocycles. The molecule has 0 aliphatic carbocycles. The first-order chi connectivity index (χ1) is 4.41. The number of carbonyl (C=O) groups excluding carboxylic acids is 1. The third-order valence-corrected chi connectivity index (χ3v) is 1.08. The molecule has 1 heterocycles. The van der Waals surface area contributed by atoms with Gasteiger partial charge in [-0.25, -0.2) is 0 Å². The lowest BCUT2D eigenvalue weighted by Gasteiger charge is -2.08. The summed E-state index contributed by atoms with van der Waals surface area (Å²) in [5.41, 5.74) is 0. The molecule has 0 atom stereocenters. The minimum atomic E-state index is 0.500. The molecule has 0 bridgehead atoms. The number of ether oxygens (including phenoxy) is 1. The molecular formula is C6H10NO2-. The fourth-order valence-corrected chi connectivity index (χ4v) is 0.687. The SMILES string of the molecule is C1CCOCC1.[N-]=C=O. The maximum Gasteiger partial charge on any atom is 0.0466 e. The van der Waals surface area contributed by atoms with Crippen LogP contribution < -0.4 is 0 Å². The first-order valence-corrected chi connectivity index (χ1v) is 3.01. The van der Waals surface area contributed by atoms with E-state index in [0.29, 0.717) is 6.08 Å². The molecule has 3 heteroatoms. The molecule has 3 nitrogen and oxygen atoms in total. The van der Waals surface area contributed by atoms with E-state index in [9.17, 15) is 0 Å². The maximum atomic E-state index is 8.24. The summed E-state index contributed by atoms with van der Waals surface area (Å²) in [6.07, 6.45) is 4.43. The zero-order valence-electron chi connectivity index (χ0n) is 5.30. The molecular weight excluding hydrogens is 118 g/mol. The van der Waals surface area contributed by atoms with Gasteiger partial charge in [-0.3, -0.25) is 4.79 Å². The topological polar surface area (TPSA) is 48.6 Å². The number of nitrogens with zero attached hydrogens (tertiary/aromatic N) is 1. The molecule has 0 spiro atoms. The van der Waals surface area contributed by atoms with Crippen LogP contribution in [-0.2, 0) is 9.53 Å². The van der Waals surface area contributed by atoms with Gasteiger partial charge in [0.15, 0.2) is 0 Å². The molecule has 0 N–H and O–H groups in total. The van der Waals surface area contributed by atoms with Crippen molar-refractivity contribution >= 4 is 6.08 Å². The van der Waals surface area contributed by atoms with E-state index in [1.807, 2.05) is 0 Å². The molecule has 1 aliphatic heterocycles. The summed E-state index contributed by atoms with van der Waals surface area (Å²) in [4.78, 5) is 8.24. The number of hydrogen-bond donors (Lipinski definition) is 0.